The summed E-state index contributed by atoms with van der Waals surface area (Å²) in [5.74, 6) is 0. The van der Waals surface area contributed by atoms with Gasteiger partial charge in [0, 0.05) is 26.3 Å². The van der Waals surface area contributed by atoms with Crippen LogP contribution >= 0.6 is 0 Å². The summed E-state index contributed by atoms with van der Waals surface area (Å²) in [5.41, 5.74) is 0.0737. The van der Waals surface area contributed by atoms with Crippen LogP contribution in [-0.4, -0.2) is 32.3 Å². The fourth-order valence-electron chi connectivity index (χ4n) is 1.10. The molecule has 0 atom stereocenters. The van der Waals surface area contributed by atoms with Crippen LogP contribution in [0.2, 0.25) is 0 Å². The summed E-state index contributed by atoms with van der Waals surface area (Å²) in [7, 11) is 1.69. The maximum Gasteiger partial charge on any atom is 0.315 e. The molecule has 90 valence electrons. The average molecular weight is 216 g/mol. The Morgan fingerprint density at radius 3 is 2.47 bits per heavy atom. The fraction of sp³-hybridized carbons (Fsp3) is 0.909. The van der Waals surface area contributed by atoms with E-state index < -0.39 is 0 Å². The minimum Gasteiger partial charge on any atom is -0.385 e. The van der Waals surface area contributed by atoms with E-state index in [0.29, 0.717) is 6.54 Å². The van der Waals surface area contributed by atoms with E-state index in [2.05, 4.69) is 24.5 Å². The molecular weight excluding hydrogens is 192 g/mol. The molecule has 4 nitrogen and oxygen atoms in total. The van der Waals surface area contributed by atoms with Gasteiger partial charge in [0.1, 0.15) is 0 Å². The monoisotopic (exact) mass is 216 g/mol. The molecular formula is C11H24N2O2. The number of hydrogen-bond acceptors (Lipinski definition) is 2. The van der Waals surface area contributed by atoms with Crippen LogP contribution in [0.3, 0.4) is 0 Å². The Labute approximate surface area is 92.8 Å². The van der Waals surface area contributed by atoms with E-state index in [4.69, 9.17) is 4.74 Å². The lowest BCUT2D eigenvalue weighted by molar-refractivity contribution is 0.151. The highest BCUT2D eigenvalue weighted by Gasteiger charge is 2.18. The van der Waals surface area contributed by atoms with Crippen molar-refractivity contribution in [2.75, 3.05) is 20.3 Å². The van der Waals surface area contributed by atoms with Crippen LogP contribution in [0.5, 0.6) is 0 Å². The van der Waals surface area contributed by atoms with Crippen molar-refractivity contribution in [3.05, 3.63) is 0 Å². The number of methoxy groups -OCH3 is 1. The van der Waals surface area contributed by atoms with Crippen molar-refractivity contribution in [1.82, 2.24) is 10.6 Å². The Morgan fingerprint density at radius 1 is 1.40 bits per heavy atom. The largest absolute Gasteiger partial charge is 0.385 e. The standard InChI is InChI=1S/C11H24N2O2/c1-9(2)13-10(14)12-8-11(3,4)6-7-15-5/h9H,6-8H2,1-5H3,(H2,12,13,14). The van der Waals surface area contributed by atoms with E-state index in [-0.39, 0.29) is 17.5 Å². The molecule has 0 aliphatic rings. The van der Waals surface area contributed by atoms with Gasteiger partial charge >= 0.3 is 6.03 Å². The number of nitrogens with one attached hydrogen (secondary N) is 2. The highest BCUT2D eigenvalue weighted by Crippen LogP contribution is 2.18. The third-order valence-electron chi connectivity index (χ3n) is 2.13. The number of hydrogen-bond donors (Lipinski definition) is 2. The molecule has 0 radical (unpaired) electrons. The lowest BCUT2D eigenvalue weighted by Crippen LogP contribution is -2.43. The van der Waals surface area contributed by atoms with E-state index in [1.807, 2.05) is 13.8 Å². The van der Waals surface area contributed by atoms with Crippen molar-refractivity contribution in [3.63, 3.8) is 0 Å². The second kappa shape index (κ2) is 6.67. The summed E-state index contributed by atoms with van der Waals surface area (Å²) in [6, 6.07) is 0.0718. The van der Waals surface area contributed by atoms with Crippen molar-refractivity contribution in [2.45, 2.75) is 40.2 Å². The molecule has 0 fully saturated rings. The summed E-state index contributed by atoms with van der Waals surface area (Å²) in [6.45, 7) is 9.49. The minimum absolute atomic E-state index is 0.0737. The molecule has 0 heterocycles. The molecule has 15 heavy (non-hydrogen) atoms. The summed E-state index contributed by atoms with van der Waals surface area (Å²) in [5, 5.41) is 5.65. The molecule has 0 saturated heterocycles. The zero-order valence-corrected chi connectivity index (χ0v) is 10.5. The third kappa shape index (κ3) is 8.24. The van der Waals surface area contributed by atoms with E-state index in [1.54, 1.807) is 7.11 Å². The zero-order chi connectivity index (χ0) is 11.9. The van der Waals surface area contributed by atoms with Gasteiger partial charge in [0.25, 0.3) is 0 Å². The fourth-order valence-corrected chi connectivity index (χ4v) is 1.10. The molecule has 0 aromatic rings. The lowest BCUT2D eigenvalue weighted by Gasteiger charge is -2.24. The van der Waals surface area contributed by atoms with Crippen molar-refractivity contribution in [3.8, 4) is 0 Å². The van der Waals surface area contributed by atoms with E-state index in [0.717, 1.165) is 13.0 Å². The van der Waals surface area contributed by atoms with Crippen molar-refractivity contribution in [1.29, 1.82) is 0 Å². The Bertz CT molecular complexity index is 191. The van der Waals surface area contributed by atoms with Gasteiger partial charge in [0.15, 0.2) is 0 Å². The predicted molar refractivity (Wildman–Crippen MR) is 61.9 cm³/mol. The Hall–Kier alpha value is -0.770. The van der Waals surface area contributed by atoms with E-state index in [1.165, 1.54) is 0 Å². The van der Waals surface area contributed by atoms with Crippen LogP contribution < -0.4 is 10.6 Å². The number of ether oxygens (including phenoxy) is 1. The topological polar surface area (TPSA) is 50.4 Å². The van der Waals surface area contributed by atoms with Gasteiger partial charge < -0.3 is 15.4 Å². The van der Waals surface area contributed by atoms with Gasteiger partial charge in [-0.05, 0) is 25.7 Å². The van der Waals surface area contributed by atoms with Gasteiger partial charge in [-0.15, -0.1) is 0 Å². The minimum atomic E-state index is -0.101. The molecule has 0 bridgehead atoms. The zero-order valence-electron chi connectivity index (χ0n) is 10.5. The van der Waals surface area contributed by atoms with Gasteiger partial charge in [-0.2, -0.15) is 0 Å². The van der Waals surface area contributed by atoms with Crippen LogP contribution in [-0.2, 0) is 4.74 Å². The first kappa shape index (κ1) is 14.2. The van der Waals surface area contributed by atoms with E-state index in [9.17, 15) is 4.79 Å². The van der Waals surface area contributed by atoms with Crippen LogP contribution in [0.25, 0.3) is 0 Å². The lowest BCUT2D eigenvalue weighted by atomic mass is 9.90. The number of amides is 2. The number of rotatable bonds is 6. The Morgan fingerprint density at radius 2 is 2.00 bits per heavy atom. The summed E-state index contributed by atoms with van der Waals surface area (Å²) < 4.78 is 5.02. The maximum absolute atomic E-state index is 11.3. The third-order valence-corrected chi connectivity index (χ3v) is 2.13. The molecule has 0 spiro atoms. The predicted octanol–water partition coefficient (Wildman–Crippen LogP) is 1.76. The quantitative estimate of drug-likeness (QED) is 0.710. The van der Waals surface area contributed by atoms with Gasteiger partial charge in [-0.1, -0.05) is 13.8 Å². The molecule has 0 aliphatic carbocycles. The molecule has 0 aliphatic heterocycles. The Kier molecular flexibility index (Phi) is 6.32. The molecule has 0 aromatic carbocycles. The first-order valence-electron chi connectivity index (χ1n) is 5.41. The smallest absolute Gasteiger partial charge is 0.315 e. The average Bonchev–Trinajstić information content (AvgIpc) is 2.11. The summed E-state index contributed by atoms with van der Waals surface area (Å²) in [4.78, 5) is 11.3. The van der Waals surface area contributed by atoms with Crippen LogP contribution in [0, 0.1) is 5.41 Å². The van der Waals surface area contributed by atoms with Crippen LogP contribution in [0.1, 0.15) is 34.1 Å². The molecule has 2 amide bonds. The van der Waals surface area contributed by atoms with Crippen molar-refractivity contribution < 1.29 is 9.53 Å². The van der Waals surface area contributed by atoms with Gasteiger partial charge in [-0.25, -0.2) is 4.79 Å². The SMILES string of the molecule is COCCC(C)(C)CNC(=O)NC(C)C. The van der Waals surface area contributed by atoms with Crippen LogP contribution in [0.15, 0.2) is 0 Å². The second-order valence-corrected chi connectivity index (χ2v) is 4.89. The number of urea groups is 1. The molecule has 2 N–H and O–H groups in total. The Balaban J connectivity index is 3.77. The van der Waals surface area contributed by atoms with Crippen molar-refractivity contribution in [2.24, 2.45) is 5.41 Å². The first-order valence-corrected chi connectivity index (χ1v) is 5.41. The normalized spacial score (nSPS) is 11.6. The van der Waals surface area contributed by atoms with Gasteiger partial charge in [-0.3, -0.25) is 0 Å². The summed E-state index contributed by atoms with van der Waals surface area (Å²) in [6.07, 6.45) is 0.936. The summed E-state index contributed by atoms with van der Waals surface area (Å²) >= 11 is 0. The highest BCUT2D eigenvalue weighted by molar-refractivity contribution is 5.74. The van der Waals surface area contributed by atoms with Gasteiger partial charge in [0.2, 0.25) is 0 Å². The molecule has 0 aromatic heterocycles. The molecule has 4 heteroatoms. The first-order chi connectivity index (χ1) is 6.87. The van der Waals surface area contributed by atoms with Gasteiger partial charge in [0.05, 0.1) is 0 Å². The second-order valence-electron chi connectivity index (χ2n) is 4.89. The van der Waals surface area contributed by atoms with Crippen molar-refractivity contribution >= 4 is 6.03 Å². The van der Waals surface area contributed by atoms with Crippen LogP contribution in [0.4, 0.5) is 4.79 Å². The number of carbonyl (C=O) groups is 1. The molecule has 0 rings (SSSR count). The number of carbonyl (C=O) groups excluding carboxylic acids is 1. The molecule has 0 unspecified atom stereocenters. The molecule has 0 saturated carbocycles. The maximum atomic E-state index is 11.3. The van der Waals surface area contributed by atoms with E-state index >= 15 is 0 Å². The highest BCUT2D eigenvalue weighted by atomic mass is 16.5.